The molecule has 4 rings (SSSR count). The number of likely N-dealkylation sites (tertiary alicyclic amines) is 1. The molecule has 174 valence electrons. The Hall–Kier alpha value is -2.31. The first-order valence-electron chi connectivity index (χ1n) is 12.1. The SMILES string of the molecule is CCO[C@H]1OC(C(=O)N2CCCCCCC2)=C[C@@H](c2coc3ccccc23)[C@H]1CCCO. The summed E-state index contributed by atoms with van der Waals surface area (Å²) in [6.07, 6.45) is 10.2. The Balaban J connectivity index is 1.70. The molecular weight excluding hydrogens is 406 g/mol. The van der Waals surface area contributed by atoms with E-state index in [0.29, 0.717) is 18.8 Å². The van der Waals surface area contributed by atoms with E-state index in [-0.39, 0.29) is 24.3 Å². The number of rotatable bonds is 7. The lowest BCUT2D eigenvalue weighted by Crippen LogP contribution is -2.41. The molecule has 1 amide bonds. The van der Waals surface area contributed by atoms with E-state index >= 15 is 0 Å². The second kappa shape index (κ2) is 11.0. The van der Waals surface area contributed by atoms with Crippen LogP contribution in [0.1, 0.15) is 63.4 Å². The van der Waals surface area contributed by atoms with Crippen LogP contribution in [0.15, 0.2) is 46.8 Å². The molecule has 1 aromatic heterocycles. The fourth-order valence-corrected chi connectivity index (χ4v) is 4.98. The maximum Gasteiger partial charge on any atom is 0.288 e. The van der Waals surface area contributed by atoms with Crippen molar-refractivity contribution in [2.24, 2.45) is 5.92 Å². The number of aliphatic hydroxyl groups is 1. The van der Waals surface area contributed by atoms with Gasteiger partial charge < -0.3 is 23.9 Å². The van der Waals surface area contributed by atoms with E-state index in [1.165, 1.54) is 6.42 Å². The summed E-state index contributed by atoms with van der Waals surface area (Å²) in [5.41, 5.74) is 1.86. The highest BCUT2D eigenvalue weighted by atomic mass is 16.7. The van der Waals surface area contributed by atoms with Crippen LogP contribution in [0, 0.1) is 5.92 Å². The molecule has 2 aliphatic rings. The average molecular weight is 442 g/mol. The van der Waals surface area contributed by atoms with Gasteiger partial charge in [0, 0.05) is 49.1 Å². The second-order valence-electron chi connectivity index (χ2n) is 8.78. The molecule has 0 unspecified atom stereocenters. The maximum absolute atomic E-state index is 13.5. The number of hydrogen-bond acceptors (Lipinski definition) is 5. The van der Waals surface area contributed by atoms with Crippen molar-refractivity contribution >= 4 is 16.9 Å². The monoisotopic (exact) mass is 441 g/mol. The fraction of sp³-hybridized carbons (Fsp3) is 0.577. The van der Waals surface area contributed by atoms with Gasteiger partial charge in [-0.1, -0.05) is 37.5 Å². The predicted octanol–water partition coefficient (Wildman–Crippen LogP) is 4.97. The van der Waals surface area contributed by atoms with E-state index in [1.807, 2.05) is 36.1 Å². The number of carbonyl (C=O) groups excluding carboxylic acids is 1. The fourth-order valence-electron chi connectivity index (χ4n) is 4.98. The van der Waals surface area contributed by atoms with Crippen LogP contribution in [-0.2, 0) is 14.3 Å². The number of carbonyl (C=O) groups is 1. The van der Waals surface area contributed by atoms with E-state index in [4.69, 9.17) is 13.9 Å². The summed E-state index contributed by atoms with van der Waals surface area (Å²) >= 11 is 0. The molecule has 32 heavy (non-hydrogen) atoms. The molecule has 1 aromatic carbocycles. The van der Waals surface area contributed by atoms with Crippen molar-refractivity contribution in [1.82, 2.24) is 4.90 Å². The minimum atomic E-state index is -0.538. The standard InChI is InChI=1S/C26H35NO5/c1-2-30-26-20(12-10-16-28)21(22-18-31-23-13-7-6-11-19(22)23)17-24(32-26)25(29)27-14-8-4-3-5-9-15-27/h6-7,11,13,17-18,20-21,26,28H,2-5,8-10,12,14-16H2,1H3/t20-,21-,26+/m1/s1. The third-order valence-corrected chi connectivity index (χ3v) is 6.64. The number of para-hydroxylation sites is 1. The van der Waals surface area contributed by atoms with Gasteiger partial charge in [0.05, 0.1) is 6.26 Å². The van der Waals surface area contributed by atoms with Crippen molar-refractivity contribution in [3.8, 4) is 0 Å². The summed E-state index contributed by atoms with van der Waals surface area (Å²) in [7, 11) is 0. The quantitative estimate of drug-likeness (QED) is 0.656. The van der Waals surface area contributed by atoms with Crippen LogP contribution in [0.4, 0.5) is 0 Å². The molecule has 3 atom stereocenters. The highest BCUT2D eigenvalue weighted by Crippen LogP contribution is 2.42. The lowest BCUT2D eigenvalue weighted by Gasteiger charge is -2.38. The van der Waals surface area contributed by atoms with Crippen LogP contribution in [0.2, 0.25) is 0 Å². The first-order valence-corrected chi connectivity index (χ1v) is 12.1. The summed E-state index contributed by atoms with van der Waals surface area (Å²) < 4.78 is 18.0. The number of amides is 1. The Bertz CT molecular complexity index is 912. The first kappa shape index (κ1) is 22.9. The number of aliphatic hydroxyl groups excluding tert-OH is 1. The third kappa shape index (κ3) is 5.02. The Morgan fingerprint density at radius 1 is 1.16 bits per heavy atom. The zero-order valence-electron chi connectivity index (χ0n) is 19.0. The Kier molecular flexibility index (Phi) is 7.87. The molecule has 2 aromatic rings. The largest absolute Gasteiger partial charge is 0.464 e. The molecule has 1 N–H and O–H groups in total. The third-order valence-electron chi connectivity index (χ3n) is 6.64. The highest BCUT2D eigenvalue weighted by molar-refractivity contribution is 5.92. The summed E-state index contributed by atoms with van der Waals surface area (Å²) in [6, 6.07) is 7.96. The van der Waals surface area contributed by atoms with E-state index in [1.54, 1.807) is 6.26 Å². The average Bonchev–Trinajstić information content (AvgIpc) is 3.21. The molecule has 1 fully saturated rings. The second-order valence-corrected chi connectivity index (χ2v) is 8.78. The number of hydrogen-bond donors (Lipinski definition) is 1. The van der Waals surface area contributed by atoms with Gasteiger partial charge in [-0.2, -0.15) is 0 Å². The van der Waals surface area contributed by atoms with Crippen molar-refractivity contribution in [2.45, 2.75) is 64.1 Å². The summed E-state index contributed by atoms with van der Waals surface area (Å²) in [5.74, 6) is 0.214. The molecule has 6 nitrogen and oxygen atoms in total. The highest BCUT2D eigenvalue weighted by Gasteiger charge is 2.39. The van der Waals surface area contributed by atoms with Gasteiger partial charge in [-0.25, -0.2) is 0 Å². The molecular formula is C26H35NO5. The van der Waals surface area contributed by atoms with Crippen molar-refractivity contribution in [1.29, 1.82) is 0 Å². The topological polar surface area (TPSA) is 72.1 Å². The van der Waals surface area contributed by atoms with Gasteiger partial charge in [0.25, 0.3) is 5.91 Å². The summed E-state index contributed by atoms with van der Waals surface area (Å²) in [5, 5.41) is 10.5. The van der Waals surface area contributed by atoms with Gasteiger partial charge >= 0.3 is 0 Å². The Labute approximate surface area is 190 Å². The first-order chi connectivity index (χ1) is 15.7. The van der Waals surface area contributed by atoms with Crippen LogP contribution in [0.25, 0.3) is 11.0 Å². The van der Waals surface area contributed by atoms with E-state index in [2.05, 4.69) is 6.07 Å². The number of allylic oxidation sites excluding steroid dienone is 1. The van der Waals surface area contributed by atoms with Crippen LogP contribution >= 0.6 is 0 Å². The minimum Gasteiger partial charge on any atom is -0.464 e. The Morgan fingerprint density at radius 2 is 1.91 bits per heavy atom. The van der Waals surface area contributed by atoms with Gasteiger partial charge in [0.2, 0.25) is 6.29 Å². The van der Waals surface area contributed by atoms with Gasteiger partial charge in [-0.05, 0) is 44.7 Å². The maximum atomic E-state index is 13.5. The zero-order valence-corrected chi connectivity index (χ0v) is 19.0. The number of furan rings is 1. The van der Waals surface area contributed by atoms with Crippen LogP contribution < -0.4 is 0 Å². The van der Waals surface area contributed by atoms with Gasteiger partial charge in [-0.15, -0.1) is 0 Å². The number of fused-ring (bicyclic) bond motifs is 1. The molecule has 0 aliphatic carbocycles. The van der Waals surface area contributed by atoms with Crippen molar-refractivity contribution in [2.75, 3.05) is 26.3 Å². The number of nitrogens with zero attached hydrogens (tertiary/aromatic N) is 1. The molecule has 2 aliphatic heterocycles. The number of ether oxygens (including phenoxy) is 2. The van der Waals surface area contributed by atoms with Crippen LogP contribution in [-0.4, -0.2) is 48.5 Å². The zero-order chi connectivity index (χ0) is 22.3. The molecule has 0 bridgehead atoms. The molecule has 0 spiro atoms. The molecule has 3 heterocycles. The van der Waals surface area contributed by atoms with Crippen molar-refractivity contribution in [3.63, 3.8) is 0 Å². The van der Waals surface area contributed by atoms with Crippen molar-refractivity contribution in [3.05, 3.63) is 47.9 Å². The molecule has 1 saturated heterocycles. The normalized spacial score (nSPS) is 24.5. The lowest BCUT2D eigenvalue weighted by molar-refractivity contribution is -0.170. The van der Waals surface area contributed by atoms with Crippen molar-refractivity contribution < 1.29 is 23.8 Å². The molecule has 6 heteroatoms. The van der Waals surface area contributed by atoms with E-state index in [0.717, 1.165) is 61.7 Å². The Morgan fingerprint density at radius 3 is 2.66 bits per heavy atom. The van der Waals surface area contributed by atoms with E-state index in [9.17, 15) is 9.90 Å². The van der Waals surface area contributed by atoms with Gasteiger partial charge in [0.15, 0.2) is 5.76 Å². The summed E-state index contributed by atoms with van der Waals surface area (Å²) in [4.78, 5) is 15.4. The lowest BCUT2D eigenvalue weighted by atomic mass is 9.80. The smallest absolute Gasteiger partial charge is 0.288 e. The molecule has 0 radical (unpaired) electrons. The molecule has 0 saturated carbocycles. The minimum absolute atomic E-state index is 0.0213. The predicted molar refractivity (Wildman–Crippen MR) is 123 cm³/mol. The van der Waals surface area contributed by atoms with Crippen LogP contribution in [0.5, 0.6) is 0 Å². The summed E-state index contributed by atoms with van der Waals surface area (Å²) in [6.45, 7) is 4.08. The van der Waals surface area contributed by atoms with Gasteiger partial charge in [-0.3, -0.25) is 4.79 Å². The van der Waals surface area contributed by atoms with Crippen LogP contribution in [0.3, 0.4) is 0 Å². The van der Waals surface area contributed by atoms with E-state index < -0.39 is 6.29 Å². The number of benzene rings is 1. The van der Waals surface area contributed by atoms with Gasteiger partial charge in [0.1, 0.15) is 5.58 Å².